The van der Waals surface area contributed by atoms with Crippen molar-refractivity contribution in [3.63, 3.8) is 0 Å². The Labute approximate surface area is 179 Å². The number of benzene rings is 2. The van der Waals surface area contributed by atoms with Crippen molar-refractivity contribution in [3.8, 4) is 11.5 Å². The molecule has 1 amide bonds. The SMILES string of the molecule is COc1ccc(CNC(=O)c2sccc2S(=O)(=O)Nc2ccc(C)cc2)c(OC)c1. The van der Waals surface area contributed by atoms with Crippen LogP contribution in [0.25, 0.3) is 0 Å². The summed E-state index contributed by atoms with van der Waals surface area (Å²) in [6.45, 7) is 2.09. The summed E-state index contributed by atoms with van der Waals surface area (Å²) in [6, 6.07) is 13.6. The van der Waals surface area contributed by atoms with Crippen molar-refractivity contribution in [2.24, 2.45) is 0 Å². The van der Waals surface area contributed by atoms with E-state index in [1.165, 1.54) is 13.2 Å². The minimum absolute atomic E-state index is 0.0627. The van der Waals surface area contributed by atoms with Crippen LogP contribution in [0.2, 0.25) is 0 Å². The summed E-state index contributed by atoms with van der Waals surface area (Å²) in [6.07, 6.45) is 0. The second-order valence-electron chi connectivity index (χ2n) is 6.45. The van der Waals surface area contributed by atoms with Crippen LogP contribution in [0.3, 0.4) is 0 Å². The van der Waals surface area contributed by atoms with Gasteiger partial charge >= 0.3 is 0 Å². The average Bonchev–Trinajstić information content (AvgIpc) is 3.24. The fraction of sp³-hybridized carbons (Fsp3) is 0.190. The van der Waals surface area contributed by atoms with E-state index in [9.17, 15) is 13.2 Å². The zero-order chi connectivity index (χ0) is 21.7. The largest absolute Gasteiger partial charge is 0.497 e. The van der Waals surface area contributed by atoms with Crippen LogP contribution >= 0.6 is 11.3 Å². The molecule has 1 heterocycles. The predicted octanol–water partition coefficient (Wildman–Crippen LogP) is 3.80. The highest BCUT2D eigenvalue weighted by atomic mass is 32.2. The predicted molar refractivity (Wildman–Crippen MR) is 117 cm³/mol. The van der Waals surface area contributed by atoms with Crippen LogP contribution in [0.4, 0.5) is 5.69 Å². The van der Waals surface area contributed by atoms with Gasteiger partial charge in [0.1, 0.15) is 21.3 Å². The van der Waals surface area contributed by atoms with E-state index in [1.807, 2.05) is 6.92 Å². The van der Waals surface area contributed by atoms with E-state index in [0.29, 0.717) is 17.2 Å². The molecule has 0 saturated heterocycles. The lowest BCUT2D eigenvalue weighted by molar-refractivity contribution is 0.0952. The van der Waals surface area contributed by atoms with Crippen molar-refractivity contribution >= 4 is 33.0 Å². The number of sulfonamides is 1. The Morgan fingerprint density at radius 2 is 1.77 bits per heavy atom. The standard InChI is InChI=1S/C21H22N2O5S2/c1-14-4-7-16(8-5-14)23-30(25,26)19-10-11-29-20(19)21(24)22-13-15-6-9-17(27-2)12-18(15)28-3/h4-12,23H,13H2,1-3H3,(H,22,24). The maximum absolute atomic E-state index is 12.8. The van der Waals surface area contributed by atoms with Crippen LogP contribution in [0, 0.1) is 6.92 Å². The zero-order valence-corrected chi connectivity index (χ0v) is 18.4. The molecule has 0 atom stereocenters. The third-order valence-corrected chi connectivity index (χ3v) is 6.83. The molecule has 7 nitrogen and oxygen atoms in total. The molecule has 0 aliphatic carbocycles. The quantitative estimate of drug-likeness (QED) is 0.549. The number of thiophene rings is 1. The van der Waals surface area contributed by atoms with Crippen LogP contribution in [0.1, 0.15) is 20.8 Å². The Hall–Kier alpha value is -3.04. The van der Waals surface area contributed by atoms with E-state index in [2.05, 4.69) is 10.0 Å². The van der Waals surface area contributed by atoms with Gasteiger partial charge in [-0.2, -0.15) is 0 Å². The van der Waals surface area contributed by atoms with Crippen molar-refractivity contribution in [3.05, 3.63) is 69.9 Å². The highest BCUT2D eigenvalue weighted by molar-refractivity contribution is 7.93. The molecule has 2 aromatic carbocycles. The molecule has 3 rings (SSSR count). The number of anilines is 1. The highest BCUT2D eigenvalue weighted by Gasteiger charge is 2.24. The Morgan fingerprint density at radius 3 is 2.43 bits per heavy atom. The number of hydrogen-bond acceptors (Lipinski definition) is 6. The second kappa shape index (κ2) is 9.19. The number of ether oxygens (including phenoxy) is 2. The topological polar surface area (TPSA) is 93.7 Å². The van der Waals surface area contributed by atoms with E-state index in [4.69, 9.17) is 9.47 Å². The molecule has 3 aromatic rings. The van der Waals surface area contributed by atoms with Gasteiger partial charge in [0, 0.05) is 23.9 Å². The van der Waals surface area contributed by atoms with Crippen LogP contribution in [0.5, 0.6) is 11.5 Å². The molecule has 2 N–H and O–H groups in total. The van der Waals surface area contributed by atoms with E-state index in [1.54, 1.807) is 55.0 Å². The van der Waals surface area contributed by atoms with Crippen LogP contribution < -0.4 is 19.5 Å². The fourth-order valence-corrected chi connectivity index (χ4v) is 5.16. The third-order valence-electron chi connectivity index (χ3n) is 4.36. The summed E-state index contributed by atoms with van der Waals surface area (Å²) in [4.78, 5) is 12.8. The van der Waals surface area contributed by atoms with Crippen molar-refractivity contribution in [1.29, 1.82) is 0 Å². The van der Waals surface area contributed by atoms with Gasteiger partial charge in [-0.15, -0.1) is 11.3 Å². The number of carbonyl (C=O) groups is 1. The number of rotatable bonds is 8. The van der Waals surface area contributed by atoms with Crippen LogP contribution in [-0.2, 0) is 16.6 Å². The summed E-state index contributed by atoms with van der Waals surface area (Å²) < 4.78 is 38.6. The first-order valence-corrected chi connectivity index (χ1v) is 11.4. The monoisotopic (exact) mass is 446 g/mol. The third kappa shape index (κ3) is 4.92. The second-order valence-corrected chi connectivity index (χ2v) is 9.01. The van der Waals surface area contributed by atoms with Gasteiger partial charge < -0.3 is 14.8 Å². The molecule has 0 radical (unpaired) electrons. The van der Waals surface area contributed by atoms with Crippen molar-refractivity contribution < 1.29 is 22.7 Å². The van der Waals surface area contributed by atoms with Crippen molar-refractivity contribution in [2.75, 3.05) is 18.9 Å². The van der Waals surface area contributed by atoms with Gasteiger partial charge in [0.25, 0.3) is 15.9 Å². The van der Waals surface area contributed by atoms with Gasteiger partial charge in [-0.25, -0.2) is 8.42 Å². The molecule has 30 heavy (non-hydrogen) atoms. The summed E-state index contributed by atoms with van der Waals surface area (Å²) in [5, 5.41) is 4.33. The molecule has 1 aromatic heterocycles. The zero-order valence-electron chi connectivity index (χ0n) is 16.8. The summed E-state index contributed by atoms with van der Waals surface area (Å²) in [5.74, 6) is 0.720. The number of amides is 1. The molecular weight excluding hydrogens is 424 g/mol. The Kier molecular flexibility index (Phi) is 6.63. The Bertz CT molecular complexity index is 1140. The molecule has 158 valence electrons. The lowest BCUT2D eigenvalue weighted by Gasteiger charge is -2.12. The molecule has 0 aliphatic heterocycles. The summed E-state index contributed by atoms with van der Waals surface area (Å²) in [7, 11) is -0.821. The molecule has 0 bridgehead atoms. The van der Waals surface area contributed by atoms with E-state index in [0.717, 1.165) is 22.5 Å². The molecule has 0 fully saturated rings. The smallest absolute Gasteiger partial charge is 0.263 e. The number of nitrogens with one attached hydrogen (secondary N) is 2. The molecule has 0 aliphatic rings. The maximum Gasteiger partial charge on any atom is 0.263 e. The van der Waals surface area contributed by atoms with Crippen molar-refractivity contribution in [1.82, 2.24) is 5.32 Å². The number of methoxy groups -OCH3 is 2. The first kappa shape index (κ1) is 21.7. The van der Waals surface area contributed by atoms with E-state index >= 15 is 0 Å². The van der Waals surface area contributed by atoms with Gasteiger partial charge in [0.15, 0.2) is 0 Å². The van der Waals surface area contributed by atoms with Gasteiger partial charge in [-0.3, -0.25) is 9.52 Å². The van der Waals surface area contributed by atoms with Crippen molar-refractivity contribution in [2.45, 2.75) is 18.4 Å². The average molecular weight is 447 g/mol. The van der Waals surface area contributed by atoms with Gasteiger partial charge in [-0.1, -0.05) is 17.7 Å². The van der Waals surface area contributed by atoms with E-state index in [-0.39, 0.29) is 16.3 Å². The first-order valence-electron chi connectivity index (χ1n) is 9.00. The number of aryl methyl sites for hydroxylation is 1. The van der Waals surface area contributed by atoms with Gasteiger partial charge in [-0.05, 0) is 42.6 Å². The first-order chi connectivity index (χ1) is 14.3. The summed E-state index contributed by atoms with van der Waals surface area (Å²) in [5.41, 5.74) is 2.19. The molecule has 0 saturated carbocycles. The van der Waals surface area contributed by atoms with Gasteiger partial charge in [0.05, 0.1) is 14.2 Å². The lowest BCUT2D eigenvalue weighted by atomic mass is 10.2. The maximum atomic E-state index is 12.8. The lowest BCUT2D eigenvalue weighted by Crippen LogP contribution is -2.25. The minimum atomic E-state index is -3.90. The summed E-state index contributed by atoms with van der Waals surface area (Å²) >= 11 is 1.07. The van der Waals surface area contributed by atoms with Crippen LogP contribution in [0.15, 0.2) is 58.8 Å². The molecule has 9 heteroatoms. The Balaban J connectivity index is 1.76. The minimum Gasteiger partial charge on any atom is -0.497 e. The highest BCUT2D eigenvalue weighted by Crippen LogP contribution is 2.26. The van der Waals surface area contributed by atoms with Crippen LogP contribution in [-0.4, -0.2) is 28.5 Å². The van der Waals surface area contributed by atoms with Gasteiger partial charge in [0.2, 0.25) is 0 Å². The number of hydrogen-bond donors (Lipinski definition) is 2. The molecule has 0 unspecified atom stereocenters. The molecular formula is C21H22N2O5S2. The fourth-order valence-electron chi connectivity index (χ4n) is 2.76. The van der Waals surface area contributed by atoms with E-state index < -0.39 is 15.9 Å². The number of carbonyl (C=O) groups excluding carboxylic acids is 1. The Morgan fingerprint density at radius 1 is 1.03 bits per heavy atom. The normalized spacial score (nSPS) is 11.0. The molecule has 0 spiro atoms.